The van der Waals surface area contributed by atoms with Crippen molar-refractivity contribution in [3.05, 3.63) is 41.4 Å². The molecule has 1 aromatic carbocycles. The number of likely N-dealkylation sites (tertiary alicyclic amines) is 1. The maximum Gasteiger partial charge on any atom is 0.191 e. The van der Waals surface area contributed by atoms with Crippen LogP contribution in [0, 0.1) is 0 Å². The van der Waals surface area contributed by atoms with Crippen LogP contribution < -0.4 is 15.4 Å². The van der Waals surface area contributed by atoms with Crippen molar-refractivity contribution in [2.45, 2.75) is 18.9 Å². The minimum Gasteiger partial charge on any atom is -0.497 e. The first-order valence-corrected chi connectivity index (χ1v) is 11.2. The summed E-state index contributed by atoms with van der Waals surface area (Å²) in [6.07, 6.45) is 4.36. The van der Waals surface area contributed by atoms with E-state index < -0.39 is 0 Å². The molecule has 0 aliphatic carbocycles. The minimum absolute atomic E-state index is 0.239. The molecule has 3 heterocycles. The molecule has 2 fully saturated rings. The third-order valence-electron chi connectivity index (χ3n) is 5.78. The zero-order chi connectivity index (χ0) is 20.1. The van der Waals surface area contributed by atoms with Crippen molar-refractivity contribution in [2.75, 3.05) is 57.8 Å². The standard InChI is InChI=1S/C21H30N6OS/c1-28-18-6-4-5-17(15-18)19(25-8-2-3-9-25)16-24-20(22)26-10-12-27(13-11-26)21-23-7-14-29-21/h4-7,14-15,19H,2-3,8-13,16H2,1H3,(H2,22,24). The number of rotatable bonds is 6. The molecule has 0 spiro atoms. The van der Waals surface area contributed by atoms with Gasteiger partial charge >= 0.3 is 0 Å². The van der Waals surface area contributed by atoms with Gasteiger partial charge in [-0.25, -0.2) is 4.98 Å². The van der Waals surface area contributed by atoms with Gasteiger partial charge in [0.2, 0.25) is 0 Å². The molecule has 2 aliphatic rings. The third-order valence-corrected chi connectivity index (χ3v) is 6.61. The van der Waals surface area contributed by atoms with Crippen LogP contribution in [-0.2, 0) is 0 Å². The van der Waals surface area contributed by atoms with Crippen molar-refractivity contribution in [3.63, 3.8) is 0 Å². The fourth-order valence-electron chi connectivity index (χ4n) is 4.11. The van der Waals surface area contributed by atoms with E-state index in [1.807, 2.05) is 17.6 Å². The lowest BCUT2D eigenvalue weighted by atomic mass is 10.1. The molecule has 0 saturated carbocycles. The number of nitrogens with two attached hydrogens (primary N) is 1. The molecule has 7 nitrogen and oxygen atoms in total. The Hall–Kier alpha value is -2.32. The maximum absolute atomic E-state index is 6.39. The van der Waals surface area contributed by atoms with Gasteiger partial charge < -0.3 is 20.3 Å². The first-order chi connectivity index (χ1) is 14.2. The lowest BCUT2D eigenvalue weighted by Gasteiger charge is -2.35. The van der Waals surface area contributed by atoms with Crippen LogP contribution in [0.4, 0.5) is 5.13 Å². The lowest BCUT2D eigenvalue weighted by molar-refractivity contribution is 0.250. The average Bonchev–Trinajstić information content (AvgIpc) is 3.49. The first kappa shape index (κ1) is 20.0. The van der Waals surface area contributed by atoms with Gasteiger partial charge in [-0.2, -0.15) is 0 Å². The Morgan fingerprint density at radius 1 is 1.21 bits per heavy atom. The molecule has 1 atom stereocenters. The van der Waals surface area contributed by atoms with Gasteiger partial charge in [-0.1, -0.05) is 12.1 Å². The molecule has 29 heavy (non-hydrogen) atoms. The summed E-state index contributed by atoms with van der Waals surface area (Å²) >= 11 is 1.69. The number of anilines is 1. The number of hydrogen-bond acceptors (Lipinski definition) is 6. The second-order valence-corrected chi connectivity index (χ2v) is 8.40. The van der Waals surface area contributed by atoms with Crippen molar-refractivity contribution in [1.82, 2.24) is 14.8 Å². The number of piperazine rings is 1. The van der Waals surface area contributed by atoms with E-state index in [1.165, 1.54) is 18.4 Å². The average molecular weight is 415 g/mol. The summed E-state index contributed by atoms with van der Waals surface area (Å²) in [5.74, 6) is 1.54. The summed E-state index contributed by atoms with van der Waals surface area (Å²) in [6.45, 7) is 6.51. The van der Waals surface area contributed by atoms with Crippen molar-refractivity contribution in [1.29, 1.82) is 0 Å². The molecule has 0 radical (unpaired) electrons. The number of hydrogen-bond donors (Lipinski definition) is 1. The van der Waals surface area contributed by atoms with Gasteiger partial charge in [0.15, 0.2) is 11.1 Å². The Morgan fingerprint density at radius 3 is 2.69 bits per heavy atom. The van der Waals surface area contributed by atoms with Crippen molar-refractivity contribution in [2.24, 2.45) is 10.7 Å². The summed E-state index contributed by atoms with van der Waals surface area (Å²) in [6, 6.07) is 8.58. The second kappa shape index (κ2) is 9.45. The van der Waals surface area contributed by atoms with Crippen LogP contribution >= 0.6 is 11.3 Å². The number of nitrogens with zero attached hydrogens (tertiary/aromatic N) is 5. The van der Waals surface area contributed by atoms with Crippen LogP contribution in [-0.4, -0.2) is 73.7 Å². The van der Waals surface area contributed by atoms with Crippen LogP contribution in [0.2, 0.25) is 0 Å². The molecule has 8 heteroatoms. The van der Waals surface area contributed by atoms with Gasteiger partial charge in [0.1, 0.15) is 5.75 Å². The number of ether oxygens (including phenoxy) is 1. The Balaban J connectivity index is 1.41. The largest absolute Gasteiger partial charge is 0.497 e. The predicted octanol–water partition coefficient (Wildman–Crippen LogP) is 2.43. The zero-order valence-corrected chi connectivity index (χ0v) is 17.9. The fourth-order valence-corrected chi connectivity index (χ4v) is 4.81. The summed E-state index contributed by atoms with van der Waals surface area (Å²) in [7, 11) is 1.71. The number of aromatic nitrogens is 1. The van der Waals surface area contributed by atoms with Gasteiger partial charge in [-0.15, -0.1) is 11.3 Å². The Morgan fingerprint density at radius 2 is 2.00 bits per heavy atom. The Kier molecular flexibility index (Phi) is 6.51. The molecular weight excluding hydrogens is 384 g/mol. The summed E-state index contributed by atoms with van der Waals surface area (Å²) < 4.78 is 5.43. The van der Waals surface area contributed by atoms with E-state index in [9.17, 15) is 0 Å². The normalized spacial score (nSPS) is 19.6. The van der Waals surface area contributed by atoms with Gasteiger partial charge in [0.25, 0.3) is 0 Å². The van der Waals surface area contributed by atoms with Crippen LogP contribution in [0.5, 0.6) is 5.75 Å². The fraction of sp³-hybridized carbons (Fsp3) is 0.524. The van der Waals surface area contributed by atoms with E-state index in [1.54, 1.807) is 18.4 Å². The number of methoxy groups -OCH3 is 1. The van der Waals surface area contributed by atoms with Crippen LogP contribution in [0.15, 0.2) is 40.8 Å². The molecular formula is C21H30N6OS. The molecule has 156 valence electrons. The van der Waals surface area contributed by atoms with Crippen LogP contribution in [0.3, 0.4) is 0 Å². The highest BCUT2D eigenvalue weighted by molar-refractivity contribution is 7.13. The predicted molar refractivity (Wildman–Crippen MR) is 119 cm³/mol. The number of aliphatic imine (C=N–C) groups is 1. The molecule has 2 N–H and O–H groups in total. The molecule has 4 rings (SSSR count). The van der Waals surface area contributed by atoms with Gasteiger partial charge in [-0.05, 0) is 43.6 Å². The van der Waals surface area contributed by atoms with E-state index in [-0.39, 0.29) is 6.04 Å². The molecule has 1 aromatic heterocycles. The topological polar surface area (TPSA) is 70.2 Å². The van der Waals surface area contributed by atoms with E-state index in [0.717, 1.165) is 50.1 Å². The molecule has 0 amide bonds. The summed E-state index contributed by atoms with van der Waals surface area (Å²) in [5.41, 5.74) is 7.64. The highest BCUT2D eigenvalue weighted by Gasteiger charge is 2.25. The van der Waals surface area contributed by atoms with Gasteiger partial charge in [0.05, 0.1) is 19.7 Å². The Labute approximate surface area is 176 Å². The quantitative estimate of drug-likeness (QED) is 0.578. The number of guanidine groups is 1. The lowest BCUT2D eigenvalue weighted by Crippen LogP contribution is -2.51. The van der Waals surface area contributed by atoms with Crippen molar-refractivity contribution in [3.8, 4) is 5.75 Å². The van der Waals surface area contributed by atoms with Gasteiger partial charge in [0, 0.05) is 37.8 Å². The highest BCUT2D eigenvalue weighted by Crippen LogP contribution is 2.28. The molecule has 1 unspecified atom stereocenters. The van der Waals surface area contributed by atoms with Crippen molar-refractivity contribution < 1.29 is 4.74 Å². The van der Waals surface area contributed by atoms with Gasteiger partial charge in [-0.3, -0.25) is 9.89 Å². The minimum atomic E-state index is 0.239. The summed E-state index contributed by atoms with van der Waals surface area (Å²) in [4.78, 5) is 16.3. The smallest absolute Gasteiger partial charge is 0.191 e. The monoisotopic (exact) mass is 414 g/mol. The number of benzene rings is 1. The number of thiazole rings is 1. The second-order valence-electron chi connectivity index (χ2n) is 7.52. The third kappa shape index (κ3) is 4.82. The Bertz CT molecular complexity index is 797. The SMILES string of the molecule is COc1cccc(C(CN=C(N)N2CCN(c3nccs3)CC2)N2CCCC2)c1. The molecule has 2 aromatic rings. The van der Waals surface area contributed by atoms with E-state index >= 15 is 0 Å². The summed E-state index contributed by atoms with van der Waals surface area (Å²) in [5, 5.41) is 3.11. The molecule has 2 saturated heterocycles. The van der Waals surface area contributed by atoms with Crippen molar-refractivity contribution >= 4 is 22.4 Å². The zero-order valence-electron chi connectivity index (χ0n) is 17.0. The van der Waals surface area contributed by atoms with Crippen LogP contribution in [0.25, 0.3) is 0 Å². The molecule has 0 bridgehead atoms. The first-order valence-electron chi connectivity index (χ1n) is 10.3. The molecule has 2 aliphatic heterocycles. The highest BCUT2D eigenvalue weighted by atomic mass is 32.1. The van der Waals surface area contributed by atoms with Crippen LogP contribution in [0.1, 0.15) is 24.4 Å². The maximum atomic E-state index is 6.39. The van der Waals surface area contributed by atoms with E-state index in [2.05, 4.69) is 37.9 Å². The van der Waals surface area contributed by atoms with E-state index in [0.29, 0.717) is 12.5 Å². The van der Waals surface area contributed by atoms with E-state index in [4.69, 9.17) is 15.5 Å².